The molecule has 3 aliphatic rings. The van der Waals surface area contributed by atoms with Gasteiger partial charge in [-0.1, -0.05) is 17.7 Å². The summed E-state index contributed by atoms with van der Waals surface area (Å²) in [4.78, 5) is 2.42. The predicted octanol–water partition coefficient (Wildman–Crippen LogP) is 3.39. The van der Waals surface area contributed by atoms with Crippen LogP contribution in [0.4, 0.5) is 4.39 Å². The van der Waals surface area contributed by atoms with Crippen LogP contribution in [-0.2, 0) is 5.41 Å². The lowest BCUT2D eigenvalue weighted by Gasteiger charge is -2.40. The summed E-state index contributed by atoms with van der Waals surface area (Å²) in [5.74, 6) is 1.04. The highest BCUT2D eigenvalue weighted by atomic mass is 19.2. The first kappa shape index (κ1) is 13.1. The molecule has 0 bridgehead atoms. The van der Waals surface area contributed by atoms with E-state index in [0.717, 1.165) is 25.8 Å². The SMILES string of the molecule is CC1=C[C@@H]2N(C)CC[C@]2(c2ccc3c(c2)OC(F)O3)CC1. The topological polar surface area (TPSA) is 21.7 Å². The number of likely N-dealkylation sites (N-methyl/N-ethyl adjacent to an activating group) is 1. The summed E-state index contributed by atoms with van der Waals surface area (Å²) in [7, 11) is 2.19. The maximum atomic E-state index is 13.2. The Morgan fingerprint density at radius 1 is 1.24 bits per heavy atom. The molecule has 0 saturated carbocycles. The molecule has 1 fully saturated rings. The molecule has 1 aromatic carbocycles. The summed E-state index contributed by atoms with van der Waals surface area (Å²) < 4.78 is 23.3. The molecule has 1 aliphatic carbocycles. The largest absolute Gasteiger partial charge is 0.425 e. The maximum absolute atomic E-state index is 13.2. The Labute approximate surface area is 124 Å². The molecule has 112 valence electrons. The van der Waals surface area contributed by atoms with Crippen molar-refractivity contribution in [2.24, 2.45) is 0 Å². The zero-order valence-electron chi connectivity index (χ0n) is 12.4. The van der Waals surface area contributed by atoms with Crippen LogP contribution in [-0.4, -0.2) is 31.1 Å². The number of ether oxygens (including phenoxy) is 2. The molecule has 0 amide bonds. The lowest BCUT2D eigenvalue weighted by atomic mass is 9.67. The average molecular weight is 289 g/mol. The van der Waals surface area contributed by atoms with Gasteiger partial charge in [0, 0.05) is 11.5 Å². The molecule has 1 aromatic rings. The van der Waals surface area contributed by atoms with E-state index in [1.165, 1.54) is 11.1 Å². The van der Waals surface area contributed by atoms with Crippen molar-refractivity contribution >= 4 is 0 Å². The van der Waals surface area contributed by atoms with Gasteiger partial charge in [0.2, 0.25) is 0 Å². The Bertz CT molecular complexity index is 615. The van der Waals surface area contributed by atoms with Crippen molar-refractivity contribution in [2.75, 3.05) is 13.6 Å². The van der Waals surface area contributed by atoms with Crippen molar-refractivity contribution in [1.82, 2.24) is 4.90 Å². The molecule has 2 heterocycles. The molecule has 0 aromatic heterocycles. The van der Waals surface area contributed by atoms with Gasteiger partial charge in [-0.15, -0.1) is 0 Å². The van der Waals surface area contributed by atoms with Gasteiger partial charge in [0.05, 0.1) is 0 Å². The van der Waals surface area contributed by atoms with Crippen molar-refractivity contribution in [3.8, 4) is 11.5 Å². The highest BCUT2D eigenvalue weighted by molar-refractivity contribution is 5.48. The minimum absolute atomic E-state index is 0.126. The molecule has 1 saturated heterocycles. The zero-order valence-corrected chi connectivity index (χ0v) is 12.4. The van der Waals surface area contributed by atoms with E-state index in [4.69, 9.17) is 9.47 Å². The number of nitrogens with zero attached hydrogens (tertiary/aromatic N) is 1. The Balaban J connectivity index is 1.77. The van der Waals surface area contributed by atoms with E-state index in [1.54, 1.807) is 0 Å². The van der Waals surface area contributed by atoms with E-state index < -0.39 is 6.54 Å². The second-order valence-electron chi connectivity index (χ2n) is 6.52. The first-order chi connectivity index (χ1) is 10.1. The van der Waals surface area contributed by atoms with Gasteiger partial charge in [0.1, 0.15) is 0 Å². The van der Waals surface area contributed by atoms with Gasteiger partial charge < -0.3 is 9.47 Å². The number of rotatable bonds is 1. The number of hydrogen-bond acceptors (Lipinski definition) is 3. The summed E-state index contributed by atoms with van der Waals surface area (Å²) in [5.41, 5.74) is 2.84. The molecular formula is C17H20FNO2. The fraction of sp³-hybridized carbons (Fsp3) is 0.529. The van der Waals surface area contributed by atoms with Crippen LogP contribution in [0.1, 0.15) is 31.7 Å². The normalized spacial score (nSPS) is 34.7. The Kier molecular flexibility index (Phi) is 2.80. The van der Waals surface area contributed by atoms with Crippen molar-refractivity contribution in [3.63, 3.8) is 0 Å². The van der Waals surface area contributed by atoms with Gasteiger partial charge in [0.15, 0.2) is 11.5 Å². The van der Waals surface area contributed by atoms with Gasteiger partial charge in [-0.2, -0.15) is 4.39 Å². The van der Waals surface area contributed by atoms with E-state index in [-0.39, 0.29) is 5.41 Å². The number of likely N-dealkylation sites (tertiary alicyclic amines) is 1. The Hall–Kier alpha value is -1.55. The van der Waals surface area contributed by atoms with Crippen LogP contribution in [0.15, 0.2) is 29.8 Å². The minimum atomic E-state index is -1.66. The van der Waals surface area contributed by atoms with E-state index in [0.29, 0.717) is 17.5 Å². The van der Waals surface area contributed by atoms with E-state index >= 15 is 0 Å². The van der Waals surface area contributed by atoms with Crippen molar-refractivity contribution in [3.05, 3.63) is 35.4 Å². The molecule has 0 spiro atoms. The number of benzene rings is 1. The number of halogens is 1. The molecule has 1 unspecified atom stereocenters. The van der Waals surface area contributed by atoms with Crippen LogP contribution in [0.5, 0.6) is 11.5 Å². The number of fused-ring (bicyclic) bond motifs is 2. The third kappa shape index (κ3) is 1.89. The molecule has 4 heteroatoms. The van der Waals surface area contributed by atoms with Gasteiger partial charge in [-0.05, 0) is 57.5 Å². The molecule has 0 N–H and O–H groups in total. The van der Waals surface area contributed by atoms with Gasteiger partial charge >= 0.3 is 6.54 Å². The van der Waals surface area contributed by atoms with Gasteiger partial charge in [-0.25, -0.2) is 0 Å². The van der Waals surface area contributed by atoms with Crippen LogP contribution in [0.3, 0.4) is 0 Å². The summed E-state index contributed by atoms with van der Waals surface area (Å²) in [5, 5.41) is 0. The lowest BCUT2D eigenvalue weighted by molar-refractivity contribution is -0.0652. The molecular weight excluding hydrogens is 269 g/mol. The monoisotopic (exact) mass is 289 g/mol. The Morgan fingerprint density at radius 2 is 2.05 bits per heavy atom. The molecule has 3 atom stereocenters. The lowest BCUT2D eigenvalue weighted by Crippen LogP contribution is -2.42. The highest BCUT2D eigenvalue weighted by Gasteiger charge is 2.47. The zero-order chi connectivity index (χ0) is 14.6. The number of alkyl halides is 1. The highest BCUT2D eigenvalue weighted by Crippen LogP contribution is 2.49. The van der Waals surface area contributed by atoms with E-state index in [1.807, 2.05) is 12.1 Å². The quantitative estimate of drug-likeness (QED) is 0.740. The Morgan fingerprint density at radius 3 is 2.90 bits per heavy atom. The van der Waals surface area contributed by atoms with Crippen molar-refractivity contribution in [1.29, 1.82) is 0 Å². The number of hydrogen-bond donors (Lipinski definition) is 0. The molecule has 2 aliphatic heterocycles. The van der Waals surface area contributed by atoms with Gasteiger partial charge in [0.25, 0.3) is 0 Å². The summed E-state index contributed by atoms with van der Waals surface area (Å²) in [6.07, 6.45) is 5.81. The van der Waals surface area contributed by atoms with E-state index in [9.17, 15) is 4.39 Å². The van der Waals surface area contributed by atoms with Crippen molar-refractivity contribution < 1.29 is 13.9 Å². The molecule has 3 nitrogen and oxygen atoms in total. The second kappa shape index (κ2) is 4.47. The second-order valence-corrected chi connectivity index (χ2v) is 6.52. The fourth-order valence-electron chi connectivity index (χ4n) is 4.11. The van der Waals surface area contributed by atoms with Crippen LogP contribution in [0.2, 0.25) is 0 Å². The van der Waals surface area contributed by atoms with E-state index in [2.05, 4.69) is 31.0 Å². The average Bonchev–Trinajstić information content (AvgIpc) is 2.99. The smallest absolute Gasteiger partial charge is 0.397 e. The van der Waals surface area contributed by atoms with Crippen molar-refractivity contribution in [2.45, 2.75) is 44.2 Å². The predicted molar refractivity (Wildman–Crippen MR) is 78.3 cm³/mol. The van der Waals surface area contributed by atoms with Crippen LogP contribution < -0.4 is 9.47 Å². The molecule has 4 rings (SSSR count). The first-order valence-electron chi connectivity index (χ1n) is 7.58. The molecule has 21 heavy (non-hydrogen) atoms. The third-order valence-electron chi connectivity index (χ3n) is 5.32. The minimum Gasteiger partial charge on any atom is -0.425 e. The summed E-state index contributed by atoms with van der Waals surface area (Å²) in [6.45, 7) is 1.64. The fourth-order valence-corrected chi connectivity index (χ4v) is 4.11. The van der Waals surface area contributed by atoms with Gasteiger partial charge in [-0.3, -0.25) is 4.90 Å². The van der Waals surface area contributed by atoms with Crippen LogP contribution in [0, 0.1) is 0 Å². The van der Waals surface area contributed by atoms with Crippen LogP contribution >= 0.6 is 0 Å². The van der Waals surface area contributed by atoms with Crippen LogP contribution in [0.25, 0.3) is 0 Å². The first-order valence-corrected chi connectivity index (χ1v) is 7.58. The third-order valence-corrected chi connectivity index (χ3v) is 5.32. The summed E-state index contributed by atoms with van der Waals surface area (Å²) >= 11 is 0. The maximum Gasteiger partial charge on any atom is 0.397 e. The standard InChI is InChI=1S/C17H20FNO2/c1-11-5-6-17(7-8-19(2)15(17)9-11)12-3-4-13-14(10-12)21-16(18)20-13/h3-4,9-10,15-16H,5-8H2,1-2H3/t15-,16?,17-/m0/s1. The number of allylic oxidation sites excluding steroid dienone is 1. The molecule has 0 radical (unpaired) electrons. The summed E-state index contributed by atoms with van der Waals surface area (Å²) in [6, 6.07) is 6.34.